The highest BCUT2D eigenvalue weighted by atomic mass is 16.4. The van der Waals surface area contributed by atoms with Crippen molar-refractivity contribution >= 4 is 12.2 Å². The lowest BCUT2D eigenvalue weighted by Gasteiger charge is -1.61. The van der Waals surface area contributed by atoms with Gasteiger partial charge in [0.25, 0.3) is 0 Å². The Balaban J connectivity index is -0.0000000231. The summed E-state index contributed by atoms with van der Waals surface area (Å²) in [6, 6.07) is 0. The van der Waals surface area contributed by atoms with Gasteiger partial charge < -0.3 is 39.7 Å². The quantitative estimate of drug-likeness (QED) is 0.286. The van der Waals surface area contributed by atoms with Gasteiger partial charge in [0.1, 0.15) is 0 Å². The third-order valence-corrected chi connectivity index (χ3v) is 0. The summed E-state index contributed by atoms with van der Waals surface area (Å²) >= 11 is 0. The van der Waals surface area contributed by atoms with Crippen LogP contribution in [0.4, 0.5) is 9.59 Å². The summed E-state index contributed by atoms with van der Waals surface area (Å²) in [5.74, 6) is 0. The SMILES string of the molecule is CCN.NC(=O)O.NC(=O)O.[NH4+].[NH4+]. The summed E-state index contributed by atoms with van der Waals surface area (Å²) in [6.45, 7) is 2.65. The molecule has 0 saturated heterocycles. The third-order valence-electron chi connectivity index (χ3n) is 0. The van der Waals surface area contributed by atoms with Crippen LogP contribution in [0.1, 0.15) is 6.92 Å². The van der Waals surface area contributed by atoms with Gasteiger partial charge in [-0.05, 0) is 6.54 Å². The van der Waals surface area contributed by atoms with Gasteiger partial charge >= 0.3 is 12.2 Å². The molecular formula is C4H21N5O4+2. The number of rotatable bonds is 0. The highest BCUT2D eigenvalue weighted by Crippen LogP contribution is 1.35. The zero-order chi connectivity index (χ0) is 9.86. The molecule has 0 rings (SSSR count). The van der Waals surface area contributed by atoms with Crippen molar-refractivity contribution in [2.45, 2.75) is 6.92 Å². The summed E-state index contributed by atoms with van der Waals surface area (Å²) in [7, 11) is 0. The molecule has 0 bridgehead atoms. The van der Waals surface area contributed by atoms with Crippen molar-refractivity contribution in [2.75, 3.05) is 6.54 Å². The molecule has 0 heterocycles. The van der Waals surface area contributed by atoms with Gasteiger partial charge in [-0.25, -0.2) is 9.59 Å². The number of nitrogens with two attached hydrogens (primary N) is 3. The van der Waals surface area contributed by atoms with Crippen LogP contribution in [0.2, 0.25) is 0 Å². The van der Waals surface area contributed by atoms with Crippen molar-refractivity contribution in [1.29, 1.82) is 0 Å². The molecular weight excluding hydrogens is 182 g/mol. The second-order valence-corrected chi connectivity index (χ2v) is 1.08. The van der Waals surface area contributed by atoms with E-state index in [-0.39, 0.29) is 12.3 Å². The summed E-state index contributed by atoms with van der Waals surface area (Å²) in [5.41, 5.74) is 12.9. The van der Waals surface area contributed by atoms with Crippen LogP contribution in [0.3, 0.4) is 0 Å². The van der Waals surface area contributed by atoms with E-state index in [0.29, 0.717) is 0 Å². The maximum Gasteiger partial charge on any atom is 0.402 e. The summed E-state index contributed by atoms with van der Waals surface area (Å²) in [5, 5.41) is 14.4. The van der Waals surface area contributed by atoms with Gasteiger partial charge in [-0.2, -0.15) is 0 Å². The molecule has 0 unspecified atom stereocenters. The van der Waals surface area contributed by atoms with Crippen molar-refractivity contribution in [3.8, 4) is 0 Å². The summed E-state index contributed by atoms with van der Waals surface area (Å²) < 4.78 is 0. The fourth-order valence-corrected chi connectivity index (χ4v) is 0. The van der Waals surface area contributed by atoms with Gasteiger partial charge in [0.15, 0.2) is 0 Å². The average molecular weight is 203 g/mol. The maximum atomic E-state index is 8.78. The maximum absolute atomic E-state index is 8.78. The first kappa shape index (κ1) is 30.1. The molecule has 0 aromatic carbocycles. The second-order valence-electron chi connectivity index (χ2n) is 1.08. The van der Waals surface area contributed by atoms with E-state index in [9.17, 15) is 0 Å². The largest absolute Gasteiger partial charge is 0.465 e. The van der Waals surface area contributed by atoms with Gasteiger partial charge in [-0.15, -0.1) is 0 Å². The van der Waals surface area contributed by atoms with Gasteiger partial charge in [0.05, 0.1) is 0 Å². The molecule has 0 atom stereocenters. The highest BCUT2D eigenvalue weighted by molar-refractivity contribution is 5.61. The zero-order valence-corrected chi connectivity index (χ0v) is 8.15. The molecule has 0 saturated carbocycles. The van der Waals surface area contributed by atoms with Crippen LogP contribution in [0.15, 0.2) is 0 Å². The Bertz CT molecular complexity index is 88.7. The van der Waals surface area contributed by atoms with Crippen LogP contribution >= 0.6 is 0 Å². The zero-order valence-electron chi connectivity index (χ0n) is 8.15. The van der Waals surface area contributed by atoms with E-state index in [4.69, 9.17) is 25.5 Å². The molecule has 0 aliphatic heterocycles. The van der Waals surface area contributed by atoms with E-state index < -0.39 is 12.2 Å². The van der Waals surface area contributed by atoms with Crippen molar-refractivity contribution in [2.24, 2.45) is 17.2 Å². The normalized spacial score (nSPS) is 5.08. The standard InChI is InChI=1S/C2H7N.2CH3NO2.2H3N/c1-2-3;2*2-1(3)4;;/h2-3H2,1H3;2*2H2,(H,3,4);2*1H3/p+2. The van der Waals surface area contributed by atoms with E-state index in [1.54, 1.807) is 0 Å². The molecule has 0 spiro atoms. The number of amides is 2. The Kier molecular flexibility index (Phi) is 72.8. The molecule has 0 aliphatic carbocycles. The number of hydrogen-bond acceptors (Lipinski definition) is 3. The minimum atomic E-state index is -1.33. The Labute approximate surface area is 76.0 Å². The van der Waals surface area contributed by atoms with Crippen LogP contribution in [0.25, 0.3) is 0 Å². The lowest BCUT2D eigenvalue weighted by molar-refractivity contribution is 0.204. The molecule has 16 N–H and O–H groups in total. The number of hydrogen-bond donors (Lipinski definition) is 7. The monoisotopic (exact) mass is 203 g/mol. The first-order chi connectivity index (χ1) is 4.88. The van der Waals surface area contributed by atoms with Crippen LogP contribution in [-0.2, 0) is 0 Å². The predicted octanol–water partition coefficient (Wildman–Crippen LogP) is -0.0364. The van der Waals surface area contributed by atoms with Crippen LogP contribution in [-0.4, -0.2) is 28.9 Å². The van der Waals surface area contributed by atoms with E-state index in [0.717, 1.165) is 6.54 Å². The third kappa shape index (κ3) is 296. The lowest BCUT2D eigenvalue weighted by Crippen LogP contribution is -2.03. The molecule has 0 aromatic heterocycles. The van der Waals surface area contributed by atoms with Crippen LogP contribution in [0.5, 0.6) is 0 Å². The van der Waals surface area contributed by atoms with E-state index in [2.05, 4.69) is 11.5 Å². The molecule has 2 amide bonds. The van der Waals surface area contributed by atoms with Crippen molar-refractivity contribution in [3.05, 3.63) is 0 Å². The number of quaternary nitrogens is 2. The summed E-state index contributed by atoms with van der Waals surface area (Å²) in [6.07, 6.45) is -2.67. The predicted molar refractivity (Wildman–Crippen MR) is 51.1 cm³/mol. The number of carbonyl (C=O) groups is 2. The van der Waals surface area contributed by atoms with Crippen molar-refractivity contribution in [1.82, 2.24) is 12.3 Å². The van der Waals surface area contributed by atoms with Crippen LogP contribution < -0.4 is 29.5 Å². The molecule has 13 heavy (non-hydrogen) atoms. The Morgan fingerprint density at radius 3 is 1.08 bits per heavy atom. The van der Waals surface area contributed by atoms with E-state index in [1.165, 1.54) is 0 Å². The van der Waals surface area contributed by atoms with Gasteiger partial charge in [-0.3, -0.25) is 0 Å². The first-order valence-electron chi connectivity index (χ1n) is 2.55. The average Bonchev–Trinajstić information content (AvgIpc) is 1.60. The van der Waals surface area contributed by atoms with Crippen molar-refractivity contribution < 1.29 is 19.8 Å². The molecule has 0 radical (unpaired) electrons. The minimum Gasteiger partial charge on any atom is -0.465 e. The lowest BCUT2D eigenvalue weighted by atomic mass is 10.8. The van der Waals surface area contributed by atoms with Gasteiger partial charge in [-0.1, -0.05) is 6.92 Å². The number of primary amides is 2. The Morgan fingerprint density at radius 2 is 1.08 bits per heavy atom. The fourth-order valence-electron chi connectivity index (χ4n) is 0. The molecule has 84 valence electrons. The van der Waals surface area contributed by atoms with Crippen LogP contribution in [0, 0.1) is 0 Å². The molecule has 9 nitrogen and oxygen atoms in total. The Morgan fingerprint density at radius 1 is 1.08 bits per heavy atom. The fraction of sp³-hybridized carbons (Fsp3) is 0.500. The highest BCUT2D eigenvalue weighted by Gasteiger charge is 1.65. The second kappa shape index (κ2) is 31.5. The number of carboxylic acid groups (broad SMARTS) is 2. The molecule has 0 aliphatic rings. The minimum absolute atomic E-state index is 0. The first-order valence-corrected chi connectivity index (χ1v) is 2.55. The smallest absolute Gasteiger partial charge is 0.402 e. The van der Waals surface area contributed by atoms with E-state index >= 15 is 0 Å². The molecule has 0 aromatic rings. The van der Waals surface area contributed by atoms with E-state index in [1.807, 2.05) is 6.92 Å². The topological polar surface area (TPSA) is 226 Å². The molecule has 9 heteroatoms. The Hall–Kier alpha value is -1.58. The van der Waals surface area contributed by atoms with Crippen molar-refractivity contribution in [3.63, 3.8) is 0 Å². The van der Waals surface area contributed by atoms with Gasteiger partial charge in [0.2, 0.25) is 0 Å². The molecule has 0 fully saturated rings. The van der Waals surface area contributed by atoms with Gasteiger partial charge in [0, 0.05) is 0 Å². The summed E-state index contributed by atoms with van der Waals surface area (Å²) in [4.78, 5) is 17.6.